The van der Waals surface area contributed by atoms with Crippen LogP contribution in [-0.2, 0) is 11.3 Å². The number of carbonyl (C=O) groups is 2. The number of rotatable bonds is 4. The van der Waals surface area contributed by atoms with E-state index >= 15 is 0 Å². The number of nitrogens with zero attached hydrogens (tertiary/aromatic N) is 2. The van der Waals surface area contributed by atoms with Crippen molar-refractivity contribution in [2.24, 2.45) is 0 Å². The molecule has 132 valence electrons. The molecule has 2 heterocycles. The Balaban J connectivity index is 1.54. The van der Waals surface area contributed by atoms with E-state index in [2.05, 4.69) is 9.88 Å². The van der Waals surface area contributed by atoms with Gasteiger partial charge in [0.2, 0.25) is 5.91 Å². The van der Waals surface area contributed by atoms with Crippen molar-refractivity contribution in [1.82, 2.24) is 14.8 Å². The van der Waals surface area contributed by atoms with Crippen LogP contribution in [0.4, 0.5) is 4.39 Å². The molecule has 2 amide bonds. The number of halogens is 2. The van der Waals surface area contributed by atoms with Gasteiger partial charge in [0, 0.05) is 37.9 Å². The van der Waals surface area contributed by atoms with Crippen LogP contribution in [0.3, 0.4) is 0 Å². The number of fused-ring (bicyclic) bond motifs is 1. The highest BCUT2D eigenvalue weighted by Gasteiger charge is 2.27. The molecule has 1 aliphatic heterocycles. The molecule has 5 nitrogen and oxygen atoms in total. The van der Waals surface area contributed by atoms with E-state index < -0.39 is 11.7 Å². The van der Waals surface area contributed by atoms with E-state index in [0.29, 0.717) is 6.54 Å². The Morgan fingerprint density at radius 3 is 2.88 bits per heavy atom. The smallest absolute Gasteiger partial charge is 0.252 e. The van der Waals surface area contributed by atoms with E-state index in [9.17, 15) is 14.0 Å². The highest BCUT2D eigenvalue weighted by molar-refractivity contribution is 6.33. The summed E-state index contributed by atoms with van der Waals surface area (Å²) in [5, 5.41) is 2.71. The van der Waals surface area contributed by atoms with Crippen LogP contribution >= 0.6 is 11.6 Å². The first-order chi connectivity index (χ1) is 12.0. The zero-order valence-corrected chi connectivity index (χ0v) is 14.6. The predicted molar refractivity (Wildman–Crippen MR) is 92.9 cm³/mol. The van der Waals surface area contributed by atoms with Gasteiger partial charge in [-0.05, 0) is 37.3 Å². The van der Waals surface area contributed by atoms with Gasteiger partial charge in [0.15, 0.2) is 0 Å². The molecule has 1 unspecified atom stereocenters. The molecule has 0 radical (unpaired) electrons. The third-order valence-corrected chi connectivity index (χ3v) is 4.78. The van der Waals surface area contributed by atoms with Gasteiger partial charge in [-0.3, -0.25) is 9.59 Å². The fraction of sp³-hybridized carbons (Fsp3) is 0.333. The summed E-state index contributed by atoms with van der Waals surface area (Å²) < 4.78 is 15.2. The van der Waals surface area contributed by atoms with Crippen molar-refractivity contribution in [1.29, 1.82) is 0 Å². The maximum Gasteiger partial charge on any atom is 0.252 e. The van der Waals surface area contributed by atoms with Crippen LogP contribution < -0.4 is 5.32 Å². The number of aromatic nitrogens is 1. The van der Waals surface area contributed by atoms with E-state index in [1.807, 2.05) is 30.2 Å². The van der Waals surface area contributed by atoms with Crippen LogP contribution in [0.25, 0.3) is 0 Å². The average molecular weight is 364 g/mol. The molecule has 7 heteroatoms. The van der Waals surface area contributed by atoms with Gasteiger partial charge in [0.1, 0.15) is 5.82 Å². The topological polar surface area (TPSA) is 54.3 Å². The van der Waals surface area contributed by atoms with Gasteiger partial charge >= 0.3 is 0 Å². The largest absolute Gasteiger partial charge is 0.351 e. The minimum atomic E-state index is -0.499. The van der Waals surface area contributed by atoms with Crippen LogP contribution in [0.1, 0.15) is 35.4 Å². The lowest BCUT2D eigenvalue weighted by Gasteiger charge is -2.35. The summed E-state index contributed by atoms with van der Waals surface area (Å²) in [7, 11) is 0. The Morgan fingerprint density at radius 2 is 2.12 bits per heavy atom. The molecular formula is C18H19ClFN3O2. The first-order valence-corrected chi connectivity index (χ1v) is 8.53. The third kappa shape index (κ3) is 3.69. The quantitative estimate of drug-likeness (QED) is 0.907. The molecule has 1 N–H and O–H groups in total. The van der Waals surface area contributed by atoms with Crippen molar-refractivity contribution in [2.75, 3.05) is 13.1 Å². The first kappa shape index (κ1) is 17.5. The molecule has 1 atom stereocenters. The summed E-state index contributed by atoms with van der Waals surface area (Å²) in [5.74, 6) is -0.926. The monoisotopic (exact) mass is 363 g/mol. The molecule has 25 heavy (non-hydrogen) atoms. The summed E-state index contributed by atoms with van der Waals surface area (Å²) in [4.78, 5) is 26.4. The van der Waals surface area contributed by atoms with Crippen LogP contribution in [0.15, 0.2) is 36.5 Å². The Kier molecular flexibility index (Phi) is 5.08. The van der Waals surface area contributed by atoms with Crippen molar-refractivity contribution in [3.63, 3.8) is 0 Å². The minimum Gasteiger partial charge on any atom is -0.351 e. The lowest BCUT2D eigenvalue weighted by molar-refractivity contribution is -0.134. The standard InChI is InChI=1S/C18H19ClFN3O2/c1-12-16-3-2-8-22(16)9-10-23(12)17(24)6-7-21-18(25)14-5-4-13(20)11-15(14)19/h2-5,8,11-12H,6-7,9-10H2,1H3,(H,21,25). The van der Waals surface area contributed by atoms with Crippen molar-refractivity contribution in [3.8, 4) is 0 Å². The van der Waals surface area contributed by atoms with E-state index in [1.165, 1.54) is 12.1 Å². The van der Waals surface area contributed by atoms with Gasteiger partial charge in [0.05, 0.1) is 16.6 Å². The van der Waals surface area contributed by atoms with Gasteiger partial charge in [-0.25, -0.2) is 4.39 Å². The number of hydrogen-bond acceptors (Lipinski definition) is 2. The molecule has 0 saturated heterocycles. The molecule has 2 aromatic rings. The first-order valence-electron chi connectivity index (χ1n) is 8.15. The molecule has 0 bridgehead atoms. The Morgan fingerprint density at radius 1 is 1.32 bits per heavy atom. The van der Waals surface area contributed by atoms with E-state index in [0.717, 1.165) is 18.3 Å². The molecule has 1 aromatic heterocycles. The summed E-state index contributed by atoms with van der Waals surface area (Å²) in [6, 6.07) is 7.60. The van der Waals surface area contributed by atoms with Crippen molar-refractivity contribution < 1.29 is 14.0 Å². The summed E-state index contributed by atoms with van der Waals surface area (Å²) in [5.41, 5.74) is 1.31. The van der Waals surface area contributed by atoms with Crippen molar-refractivity contribution in [2.45, 2.75) is 25.9 Å². The zero-order chi connectivity index (χ0) is 18.0. The SMILES string of the molecule is CC1c2cccn2CCN1C(=O)CCNC(=O)c1ccc(F)cc1Cl. The zero-order valence-electron chi connectivity index (χ0n) is 13.8. The number of carbonyl (C=O) groups excluding carboxylic acids is 2. The second kappa shape index (κ2) is 7.27. The average Bonchev–Trinajstić information content (AvgIpc) is 3.04. The van der Waals surface area contributed by atoms with Crippen LogP contribution in [0.2, 0.25) is 5.02 Å². The van der Waals surface area contributed by atoms with Crippen LogP contribution in [0, 0.1) is 5.82 Å². The van der Waals surface area contributed by atoms with Gasteiger partial charge in [-0.1, -0.05) is 11.6 Å². The van der Waals surface area contributed by atoms with Gasteiger partial charge in [-0.15, -0.1) is 0 Å². The summed E-state index contributed by atoms with van der Waals surface area (Å²) >= 11 is 5.87. The maximum atomic E-state index is 13.0. The van der Waals surface area contributed by atoms with Crippen LogP contribution in [0.5, 0.6) is 0 Å². The summed E-state index contributed by atoms with van der Waals surface area (Å²) in [6.45, 7) is 3.63. The number of amides is 2. The Hall–Kier alpha value is -2.34. The molecule has 0 fully saturated rings. The highest BCUT2D eigenvalue weighted by atomic mass is 35.5. The van der Waals surface area contributed by atoms with E-state index in [1.54, 1.807) is 0 Å². The normalized spacial score (nSPS) is 16.4. The molecule has 0 saturated carbocycles. The molecule has 3 rings (SSSR count). The number of nitrogens with one attached hydrogen (secondary N) is 1. The fourth-order valence-electron chi connectivity index (χ4n) is 3.12. The minimum absolute atomic E-state index is 0.00884. The maximum absolute atomic E-state index is 13.0. The van der Waals surface area contributed by atoms with Gasteiger partial charge in [-0.2, -0.15) is 0 Å². The number of benzene rings is 1. The summed E-state index contributed by atoms with van der Waals surface area (Å²) in [6.07, 6.45) is 2.22. The highest BCUT2D eigenvalue weighted by Crippen LogP contribution is 2.25. The molecular weight excluding hydrogens is 345 g/mol. The third-order valence-electron chi connectivity index (χ3n) is 4.46. The molecule has 1 aliphatic rings. The second-order valence-corrected chi connectivity index (χ2v) is 6.43. The molecule has 1 aromatic carbocycles. The lowest BCUT2D eigenvalue weighted by atomic mass is 10.1. The van der Waals surface area contributed by atoms with E-state index in [4.69, 9.17) is 11.6 Å². The van der Waals surface area contributed by atoms with Gasteiger partial charge < -0.3 is 14.8 Å². The number of hydrogen-bond donors (Lipinski definition) is 1. The lowest BCUT2D eigenvalue weighted by Crippen LogP contribution is -2.42. The predicted octanol–water partition coefficient (Wildman–Crippen LogP) is 3.00. The molecule has 0 aliphatic carbocycles. The van der Waals surface area contributed by atoms with Crippen molar-refractivity contribution >= 4 is 23.4 Å². The van der Waals surface area contributed by atoms with Crippen LogP contribution in [-0.4, -0.2) is 34.4 Å². The Bertz CT molecular complexity index is 805. The second-order valence-electron chi connectivity index (χ2n) is 6.02. The Labute approximate surface area is 150 Å². The van der Waals surface area contributed by atoms with Gasteiger partial charge in [0.25, 0.3) is 5.91 Å². The molecule has 0 spiro atoms. The van der Waals surface area contributed by atoms with E-state index in [-0.39, 0.29) is 35.5 Å². The fourth-order valence-corrected chi connectivity index (χ4v) is 3.37. The van der Waals surface area contributed by atoms with Crippen molar-refractivity contribution in [3.05, 3.63) is 58.6 Å².